The van der Waals surface area contributed by atoms with Crippen LogP contribution in [0.4, 0.5) is 10.1 Å². The highest BCUT2D eigenvalue weighted by Crippen LogP contribution is 2.23. The fraction of sp³-hybridized carbons (Fsp3) is 0.200. The molecule has 1 amide bonds. The van der Waals surface area contributed by atoms with Crippen molar-refractivity contribution in [1.82, 2.24) is 10.3 Å². The second-order valence-electron chi connectivity index (χ2n) is 4.65. The number of halogens is 1. The Labute approximate surface area is 116 Å². The standard InChI is InChI=1S/C15H14FN3O/c16-13-7-12(9-18-10-13)15(20)19-6-5-17-8-11-3-1-2-4-14(11)19/h1-4,7,9-10,17H,5-6,8H2. The van der Waals surface area contributed by atoms with Crippen LogP contribution in [-0.2, 0) is 6.54 Å². The fourth-order valence-electron chi connectivity index (χ4n) is 2.35. The highest BCUT2D eigenvalue weighted by molar-refractivity contribution is 6.06. The molecule has 1 aliphatic rings. The number of fused-ring (bicyclic) bond motifs is 1. The molecule has 2 heterocycles. The summed E-state index contributed by atoms with van der Waals surface area (Å²) in [6.07, 6.45) is 2.49. The molecule has 0 bridgehead atoms. The minimum atomic E-state index is -0.503. The van der Waals surface area contributed by atoms with E-state index in [1.165, 1.54) is 12.3 Å². The van der Waals surface area contributed by atoms with Crippen molar-refractivity contribution in [2.24, 2.45) is 0 Å². The number of pyridine rings is 1. The zero-order chi connectivity index (χ0) is 13.9. The van der Waals surface area contributed by atoms with Crippen LogP contribution in [0.15, 0.2) is 42.7 Å². The molecule has 1 N–H and O–H groups in total. The topological polar surface area (TPSA) is 45.2 Å². The maximum atomic E-state index is 13.2. The molecule has 1 aromatic carbocycles. The number of para-hydroxylation sites is 1. The van der Waals surface area contributed by atoms with E-state index in [4.69, 9.17) is 0 Å². The Morgan fingerprint density at radius 1 is 1.30 bits per heavy atom. The van der Waals surface area contributed by atoms with Gasteiger partial charge in [-0.25, -0.2) is 4.39 Å². The minimum absolute atomic E-state index is 0.229. The van der Waals surface area contributed by atoms with Crippen molar-refractivity contribution in [2.45, 2.75) is 6.54 Å². The van der Waals surface area contributed by atoms with Crippen LogP contribution in [0.5, 0.6) is 0 Å². The molecule has 1 aliphatic heterocycles. The normalized spacial score (nSPS) is 14.6. The van der Waals surface area contributed by atoms with Gasteiger partial charge in [-0.3, -0.25) is 9.78 Å². The predicted molar refractivity (Wildman–Crippen MR) is 74.0 cm³/mol. The third kappa shape index (κ3) is 2.40. The quantitative estimate of drug-likeness (QED) is 0.862. The third-order valence-corrected chi connectivity index (χ3v) is 3.31. The first-order chi connectivity index (χ1) is 9.75. The van der Waals surface area contributed by atoms with Crippen molar-refractivity contribution >= 4 is 11.6 Å². The number of amides is 1. The first-order valence-electron chi connectivity index (χ1n) is 6.47. The third-order valence-electron chi connectivity index (χ3n) is 3.31. The molecule has 3 rings (SSSR count). The maximum absolute atomic E-state index is 13.2. The maximum Gasteiger partial charge on any atom is 0.259 e. The number of carbonyl (C=O) groups excluding carboxylic acids is 1. The lowest BCUT2D eigenvalue weighted by atomic mass is 10.1. The van der Waals surface area contributed by atoms with Crippen LogP contribution < -0.4 is 10.2 Å². The predicted octanol–water partition coefficient (Wildman–Crippen LogP) is 1.97. The van der Waals surface area contributed by atoms with Crippen molar-refractivity contribution in [3.05, 3.63) is 59.7 Å². The van der Waals surface area contributed by atoms with E-state index in [0.717, 1.165) is 24.0 Å². The van der Waals surface area contributed by atoms with Crippen LogP contribution in [0.2, 0.25) is 0 Å². The lowest BCUT2D eigenvalue weighted by Crippen LogP contribution is -2.34. The fourth-order valence-corrected chi connectivity index (χ4v) is 2.35. The molecule has 20 heavy (non-hydrogen) atoms. The lowest BCUT2D eigenvalue weighted by molar-refractivity contribution is 0.0986. The van der Waals surface area contributed by atoms with Gasteiger partial charge in [-0.1, -0.05) is 18.2 Å². The van der Waals surface area contributed by atoms with Gasteiger partial charge in [0, 0.05) is 31.5 Å². The zero-order valence-corrected chi connectivity index (χ0v) is 10.8. The van der Waals surface area contributed by atoms with Crippen LogP contribution >= 0.6 is 0 Å². The Bertz CT molecular complexity index is 645. The van der Waals surface area contributed by atoms with Crippen molar-refractivity contribution < 1.29 is 9.18 Å². The summed E-state index contributed by atoms with van der Waals surface area (Å²) in [6.45, 7) is 1.97. The van der Waals surface area contributed by atoms with E-state index < -0.39 is 5.82 Å². The number of aromatic nitrogens is 1. The van der Waals surface area contributed by atoms with Gasteiger partial charge < -0.3 is 10.2 Å². The van der Waals surface area contributed by atoms with Gasteiger partial charge in [0.2, 0.25) is 0 Å². The van der Waals surface area contributed by atoms with Gasteiger partial charge in [0.05, 0.1) is 11.8 Å². The molecule has 1 aromatic heterocycles. The highest BCUT2D eigenvalue weighted by atomic mass is 19.1. The molecule has 5 heteroatoms. The minimum Gasteiger partial charge on any atom is -0.311 e. The van der Waals surface area contributed by atoms with E-state index in [2.05, 4.69) is 10.3 Å². The number of nitrogens with one attached hydrogen (secondary N) is 1. The average Bonchev–Trinajstić information content (AvgIpc) is 2.69. The van der Waals surface area contributed by atoms with E-state index in [1.807, 2.05) is 24.3 Å². The van der Waals surface area contributed by atoms with Crippen molar-refractivity contribution in [3.63, 3.8) is 0 Å². The Morgan fingerprint density at radius 3 is 3.00 bits per heavy atom. The number of hydrogen-bond donors (Lipinski definition) is 1. The lowest BCUT2D eigenvalue weighted by Gasteiger charge is -2.22. The van der Waals surface area contributed by atoms with E-state index in [9.17, 15) is 9.18 Å². The first kappa shape index (κ1) is 12.7. The number of rotatable bonds is 1. The SMILES string of the molecule is O=C(c1cncc(F)c1)N1CCNCc2ccccc21. The van der Waals surface area contributed by atoms with Crippen molar-refractivity contribution in [2.75, 3.05) is 18.0 Å². The van der Waals surface area contributed by atoms with E-state index in [0.29, 0.717) is 13.1 Å². The Kier molecular flexibility index (Phi) is 3.43. The second kappa shape index (κ2) is 5.38. The molecule has 4 nitrogen and oxygen atoms in total. The molecular weight excluding hydrogens is 257 g/mol. The Hall–Kier alpha value is -2.27. The number of benzene rings is 1. The zero-order valence-electron chi connectivity index (χ0n) is 10.8. The highest BCUT2D eigenvalue weighted by Gasteiger charge is 2.22. The Balaban J connectivity index is 1.99. The number of carbonyl (C=O) groups is 1. The summed E-state index contributed by atoms with van der Waals surface area (Å²) in [4.78, 5) is 18.0. The van der Waals surface area contributed by atoms with Crippen LogP contribution in [0.1, 0.15) is 15.9 Å². The number of anilines is 1. The second-order valence-corrected chi connectivity index (χ2v) is 4.65. The molecule has 0 unspecified atom stereocenters. The summed E-state index contributed by atoms with van der Waals surface area (Å²) < 4.78 is 13.2. The van der Waals surface area contributed by atoms with Gasteiger partial charge in [0.25, 0.3) is 5.91 Å². The molecule has 0 saturated heterocycles. The van der Waals surface area contributed by atoms with Crippen LogP contribution in [0.25, 0.3) is 0 Å². The van der Waals surface area contributed by atoms with E-state index >= 15 is 0 Å². The van der Waals surface area contributed by atoms with Crippen molar-refractivity contribution in [3.8, 4) is 0 Å². The number of nitrogens with zero attached hydrogens (tertiary/aromatic N) is 2. The summed E-state index contributed by atoms with van der Waals surface area (Å²) >= 11 is 0. The molecule has 2 aromatic rings. The van der Waals surface area contributed by atoms with E-state index in [-0.39, 0.29) is 11.5 Å². The van der Waals surface area contributed by atoms with Gasteiger partial charge in [0.15, 0.2) is 0 Å². The van der Waals surface area contributed by atoms with Gasteiger partial charge >= 0.3 is 0 Å². The van der Waals surface area contributed by atoms with Gasteiger partial charge in [-0.2, -0.15) is 0 Å². The molecule has 0 atom stereocenters. The van der Waals surface area contributed by atoms with Crippen molar-refractivity contribution in [1.29, 1.82) is 0 Å². The van der Waals surface area contributed by atoms with Gasteiger partial charge in [0.1, 0.15) is 5.82 Å². The summed E-state index contributed by atoms with van der Waals surface area (Å²) in [6, 6.07) is 8.95. The molecule has 0 aliphatic carbocycles. The number of hydrogen-bond acceptors (Lipinski definition) is 3. The summed E-state index contributed by atoms with van der Waals surface area (Å²) in [5, 5.41) is 3.27. The van der Waals surface area contributed by atoms with Crippen LogP contribution in [-0.4, -0.2) is 24.0 Å². The van der Waals surface area contributed by atoms with Gasteiger partial charge in [-0.15, -0.1) is 0 Å². The molecule has 0 saturated carbocycles. The average molecular weight is 271 g/mol. The van der Waals surface area contributed by atoms with Gasteiger partial charge in [-0.05, 0) is 17.7 Å². The smallest absolute Gasteiger partial charge is 0.259 e. The molecule has 0 fully saturated rings. The van der Waals surface area contributed by atoms with Crippen LogP contribution in [0, 0.1) is 5.82 Å². The molecular formula is C15H14FN3O. The molecule has 102 valence electrons. The largest absolute Gasteiger partial charge is 0.311 e. The summed E-state index contributed by atoms with van der Waals surface area (Å²) in [5.74, 6) is -0.731. The monoisotopic (exact) mass is 271 g/mol. The molecule has 0 spiro atoms. The molecule has 0 radical (unpaired) electrons. The Morgan fingerprint density at radius 2 is 2.15 bits per heavy atom. The summed E-state index contributed by atoms with van der Waals surface area (Å²) in [5.41, 5.74) is 2.19. The van der Waals surface area contributed by atoms with Crippen LogP contribution in [0.3, 0.4) is 0 Å². The summed E-state index contributed by atoms with van der Waals surface area (Å²) in [7, 11) is 0. The van der Waals surface area contributed by atoms with E-state index in [1.54, 1.807) is 4.90 Å². The first-order valence-corrected chi connectivity index (χ1v) is 6.47.